The summed E-state index contributed by atoms with van der Waals surface area (Å²) in [5, 5.41) is 7.20. The predicted molar refractivity (Wildman–Crippen MR) is 97.5 cm³/mol. The van der Waals surface area contributed by atoms with Gasteiger partial charge in [0.1, 0.15) is 5.52 Å². The van der Waals surface area contributed by atoms with E-state index in [1.54, 1.807) is 24.8 Å². The topological polar surface area (TPSA) is 77.6 Å². The summed E-state index contributed by atoms with van der Waals surface area (Å²) in [4.78, 5) is 21.1. The summed E-state index contributed by atoms with van der Waals surface area (Å²) in [6, 6.07) is 11.7. The highest BCUT2D eigenvalue weighted by Crippen LogP contribution is 2.13. The van der Waals surface area contributed by atoms with Crippen LogP contribution in [0.3, 0.4) is 0 Å². The van der Waals surface area contributed by atoms with E-state index in [1.165, 1.54) is 0 Å². The molecule has 0 aliphatic carbocycles. The van der Waals surface area contributed by atoms with Crippen LogP contribution in [0.5, 0.6) is 0 Å². The standard InChI is InChI=1S/C19H18N6O/c1-24-13-22-17-9-16(11-20-18(17)24)19(26)21-10-14-5-2-3-6-15(14)12-25-8-4-7-23-25/h2-9,11,13H,10,12H2,1H3,(H,21,26). The number of hydrogen-bond acceptors (Lipinski definition) is 4. The smallest absolute Gasteiger partial charge is 0.253 e. The van der Waals surface area contributed by atoms with Crippen molar-refractivity contribution in [3.05, 3.63) is 78.0 Å². The maximum atomic E-state index is 12.5. The highest BCUT2D eigenvalue weighted by Gasteiger charge is 2.10. The number of carbonyl (C=O) groups excluding carboxylic acids is 1. The molecule has 7 heteroatoms. The monoisotopic (exact) mass is 346 g/mol. The number of nitrogens with zero attached hydrogens (tertiary/aromatic N) is 5. The van der Waals surface area contributed by atoms with Crippen LogP contribution in [0.15, 0.2) is 61.3 Å². The van der Waals surface area contributed by atoms with Gasteiger partial charge in [-0.15, -0.1) is 0 Å². The number of amides is 1. The Morgan fingerprint density at radius 1 is 1.15 bits per heavy atom. The third-order valence-electron chi connectivity index (χ3n) is 4.26. The summed E-state index contributed by atoms with van der Waals surface area (Å²) in [5.41, 5.74) is 4.14. The molecule has 0 bridgehead atoms. The predicted octanol–water partition coefficient (Wildman–Crippen LogP) is 2.14. The molecule has 4 rings (SSSR count). The maximum absolute atomic E-state index is 12.5. The molecule has 0 aliphatic rings. The molecule has 0 radical (unpaired) electrons. The van der Waals surface area contributed by atoms with E-state index in [0.717, 1.165) is 16.8 Å². The van der Waals surface area contributed by atoms with Gasteiger partial charge in [-0.1, -0.05) is 24.3 Å². The van der Waals surface area contributed by atoms with Gasteiger partial charge >= 0.3 is 0 Å². The fraction of sp³-hybridized carbons (Fsp3) is 0.158. The van der Waals surface area contributed by atoms with Gasteiger partial charge in [-0.2, -0.15) is 5.10 Å². The van der Waals surface area contributed by atoms with Crippen LogP contribution < -0.4 is 5.32 Å². The first kappa shape index (κ1) is 16.0. The number of nitrogens with one attached hydrogen (secondary N) is 1. The Labute approximate surface area is 150 Å². The molecule has 0 aliphatic heterocycles. The van der Waals surface area contributed by atoms with Gasteiger partial charge in [0.05, 0.1) is 18.4 Å². The van der Waals surface area contributed by atoms with Crippen molar-refractivity contribution in [3.63, 3.8) is 0 Å². The molecule has 1 amide bonds. The Bertz CT molecular complexity index is 1050. The largest absolute Gasteiger partial charge is 0.348 e. The van der Waals surface area contributed by atoms with Crippen molar-refractivity contribution in [2.45, 2.75) is 13.1 Å². The molecule has 3 aromatic heterocycles. The van der Waals surface area contributed by atoms with Crippen molar-refractivity contribution in [1.29, 1.82) is 0 Å². The molecule has 1 aromatic carbocycles. The number of pyridine rings is 1. The number of benzene rings is 1. The highest BCUT2D eigenvalue weighted by atomic mass is 16.1. The van der Waals surface area contributed by atoms with E-state index in [0.29, 0.717) is 24.2 Å². The van der Waals surface area contributed by atoms with Crippen LogP contribution in [0.25, 0.3) is 11.2 Å². The molecular weight excluding hydrogens is 328 g/mol. The van der Waals surface area contributed by atoms with Crippen LogP contribution >= 0.6 is 0 Å². The Morgan fingerprint density at radius 3 is 2.81 bits per heavy atom. The lowest BCUT2D eigenvalue weighted by atomic mass is 10.1. The Kier molecular flexibility index (Phi) is 4.18. The van der Waals surface area contributed by atoms with Gasteiger partial charge in [0.2, 0.25) is 0 Å². The molecule has 1 N–H and O–H groups in total. The molecule has 130 valence electrons. The van der Waals surface area contributed by atoms with E-state index in [-0.39, 0.29) is 5.91 Å². The van der Waals surface area contributed by atoms with Gasteiger partial charge in [0.15, 0.2) is 5.65 Å². The zero-order valence-corrected chi connectivity index (χ0v) is 14.3. The fourth-order valence-corrected chi connectivity index (χ4v) is 2.87. The molecular formula is C19H18N6O. The van der Waals surface area contributed by atoms with Crippen LogP contribution in [0.4, 0.5) is 0 Å². The maximum Gasteiger partial charge on any atom is 0.253 e. The SMILES string of the molecule is Cn1cnc2cc(C(=O)NCc3ccccc3Cn3cccn3)cnc21. The normalized spacial score (nSPS) is 11.0. The third kappa shape index (κ3) is 3.19. The van der Waals surface area contributed by atoms with Crippen LogP contribution in [0.1, 0.15) is 21.5 Å². The van der Waals surface area contributed by atoms with E-state index >= 15 is 0 Å². The number of imidazole rings is 1. The molecule has 26 heavy (non-hydrogen) atoms. The van der Waals surface area contributed by atoms with E-state index in [2.05, 4.69) is 20.4 Å². The number of aryl methyl sites for hydroxylation is 1. The molecule has 0 atom stereocenters. The Hall–Kier alpha value is -3.48. The second kappa shape index (κ2) is 6.79. The third-order valence-corrected chi connectivity index (χ3v) is 4.26. The molecule has 0 fully saturated rings. The molecule has 0 spiro atoms. The van der Waals surface area contributed by atoms with Gasteiger partial charge in [-0.3, -0.25) is 9.48 Å². The summed E-state index contributed by atoms with van der Waals surface area (Å²) in [5.74, 6) is -0.168. The van der Waals surface area contributed by atoms with Crippen molar-refractivity contribution in [2.75, 3.05) is 0 Å². The van der Waals surface area contributed by atoms with Crippen LogP contribution in [-0.4, -0.2) is 30.2 Å². The van der Waals surface area contributed by atoms with Gasteiger partial charge in [-0.05, 0) is 23.3 Å². The molecule has 3 heterocycles. The number of aromatic nitrogens is 5. The van der Waals surface area contributed by atoms with Crippen LogP contribution in [0, 0.1) is 0 Å². The summed E-state index contributed by atoms with van der Waals surface area (Å²) in [6.07, 6.45) is 6.94. The Morgan fingerprint density at radius 2 is 2.00 bits per heavy atom. The summed E-state index contributed by atoms with van der Waals surface area (Å²) < 4.78 is 3.68. The second-order valence-electron chi connectivity index (χ2n) is 6.08. The van der Waals surface area contributed by atoms with Crippen molar-refractivity contribution < 1.29 is 4.79 Å². The zero-order chi connectivity index (χ0) is 17.9. The first-order valence-corrected chi connectivity index (χ1v) is 8.30. The highest BCUT2D eigenvalue weighted by molar-refractivity contribution is 5.96. The minimum Gasteiger partial charge on any atom is -0.348 e. The summed E-state index contributed by atoms with van der Waals surface area (Å²) >= 11 is 0. The van der Waals surface area contributed by atoms with E-state index in [9.17, 15) is 4.79 Å². The Balaban J connectivity index is 1.48. The van der Waals surface area contributed by atoms with E-state index in [4.69, 9.17) is 0 Å². The van der Waals surface area contributed by atoms with Gasteiger partial charge in [0, 0.05) is 32.2 Å². The van der Waals surface area contributed by atoms with Crippen molar-refractivity contribution in [2.24, 2.45) is 7.05 Å². The lowest BCUT2D eigenvalue weighted by Gasteiger charge is -2.11. The van der Waals surface area contributed by atoms with Crippen LogP contribution in [-0.2, 0) is 20.1 Å². The lowest BCUT2D eigenvalue weighted by Crippen LogP contribution is -2.23. The fourth-order valence-electron chi connectivity index (χ4n) is 2.87. The van der Waals surface area contributed by atoms with Crippen LogP contribution in [0.2, 0.25) is 0 Å². The lowest BCUT2D eigenvalue weighted by molar-refractivity contribution is 0.0950. The second-order valence-corrected chi connectivity index (χ2v) is 6.08. The van der Waals surface area contributed by atoms with E-state index < -0.39 is 0 Å². The van der Waals surface area contributed by atoms with Crippen molar-refractivity contribution >= 4 is 17.1 Å². The number of fused-ring (bicyclic) bond motifs is 1. The minimum absolute atomic E-state index is 0.168. The number of rotatable bonds is 5. The van der Waals surface area contributed by atoms with E-state index in [1.807, 2.05) is 52.8 Å². The molecule has 0 saturated carbocycles. The molecule has 0 unspecified atom stereocenters. The summed E-state index contributed by atoms with van der Waals surface area (Å²) in [7, 11) is 1.87. The number of carbonyl (C=O) groups is 1. The molecule has 7 nitrogen and oxygen atoms in total. The quantitative estimate of drug-likeness (QED) is 0.601. The average molecular weight is 346 g/mol. The zero-order valence-electron chi connectivity index (χ0n) is 14.3. The van der Waals surface area contributed by atoms with Crippen molar-refractivity contribution in [1.82, 2.24) is 29.6 Å². The van der Waals surface area contributed by atoms with Gasteiger partial charge in [0.25, 0.3) is 5.91 Å². The first-order valence-electron chi connectivity index (χ1n) is 8.30. The first-order chi connectivity index (χ1) is 12.7. The average Bonchev–Trinajstić information content (AvgIpc) is 3.30. The molecule has 0 saturated heterocycles. The number of hydrogen-bond donors (Lipinski definition) is 1. The molecule has 4 aromatic rings. The van der Waals surface area contributed by atoms with Crippen molar-refractivity contribution in [3.8, 4) is 0 Å². The summed E-state index contributed by atoms with van der Waals surface area (Å²) in [6.45, 7) is 1.11. The van der Waals surface area contributed by atoms with Gasteiger partial charge in [-0.25, -0.2) is 9.97 Å². The minimum atomic E-state index is -0.168. The van der Waals surface area contributed by atoms with Gasteiger partial charge < -0.3 is 9.88 Å².